The summed E-state index contributed by atoms with van der Waals surface area (Å²) < 4.78 is 4.46. The Morgan fingerprint density at radius 2 is 1.18 bits per heavy atom. The molecule has 190 valence electrons. The maximum Gasteiger partial charge on any atom is 0.306 e. The molecular formula is C21H38N4O8. The molecule has 0 bridgehead atoms. The zero-order chi connectivity index (χ0) is 25.1. The lowest BCUT2D eigenvalue weighted by atomic mass is 10.2. The van der Waals surface area contributed by atoms with E-state index in [1.807, 2.05) is 0 Å². The number of methoxy groups -OCH3 is 1. The Morgan fingerprint density at radius 1 is 0.697 bits per heavy atom. The van der Waals surface area contributed by atoms with Crippen LogP contribution in [0.5, 0.6) is 0 Å². The van der Waals surface area contributed by atoms with Crippen molar-refractivity contribution in [2.75, 3.05) is 33.3 Å². The number of unbranched alkanes of at least 4 members (excludes halogenated alkanes) is 4. The minimum atomic E-state index is -0.534. The van der Waals surface area contributed by atoms with Crippen LogP contribution in [0.2, 0.25) is 0 Å². The standard InChI is InChI=1S/C21H38N4O8/c1-17(26)24(31)15-7-3-5-13-22-18(27)9-11-20(29)25(32)16-8-4-6-14-23-19(28)10-12-21(30)33-2/h31-32H,3-16H2,1-2H3,(H,22,27)(H,23,28). The van der Waals surface area contributed by atoms with E-state index in [-0.39, 0.29) is 50.6 Å². The zero-order valence-electron chi connectivity index (χ0n) is 19.6. The van der Waals surface area contributed by atoms with E-state index in [4.69, 9.17) is 0 Å². The van der Waals surface area contributed by atoms with Crippen molar-refractivity contribution in [3.05, 3.63) is 0 Å². The Labute approximate surface area is 194 Å². The van der Waals surface area contributed by atoms with Crippen molar-refractivity contribution in [3.63, 3.8) is 0 Å². The van der Waals surface area contributed by atoms with Gasteiger partial charge in [0.1, 0.15) is 0 Å². The van der Waals surface area contributed by atoms with Crippen LogP contribution in [0.1, 0.15) is 71.1 Å². The highest BCUT2D eigenvalue weighted by atomic mass is 16.5. The van der Waals surface area contributed by atoms with Crippen LogP contribution in [0.4, 0.5) is 0 Å². The Bertz CT molecular complexity index is 629. The summed E-state index contributed by atoms with van der Waals surface area (Å²) in [5.74, 6) is -1.90. The summed E-state index contributed by atoms with van der Waals surface area (Å²) in [7, 11) is 1.26. The number of nitrogens with one attached hydrogen (secondary N) is 2. The van der Waals surface area contributed by atoms with Gasteiger partial charge >= 0.3 is 5.97 Å². The number of carbonyl (C=O) groups is 5. The minimum absolute atomic E-state index is 0.0255. The van der Waals surface area contributed by atoms with Gasteiger partial charge in [0.25, 0.3) is 0 Å². The number of amides is 4. The van der Waals surface area contributed by atoms with Gasteiger partial charge in [-0.25, -0.2) is 10.1 Å². The summed E-state index contributed by atoms with van der Waals surface area (Å²) in [5.41, 5.74) is 0. The molecule has 0 saturated carbocycles. The normalized spacial score (nSPS) is 10.3. The van der Waals surface area contributed by atoms with Gasteiger partial charge in [0.15, 0.2) is 0 Å². The number of hydroxylamine groups is 4. The van der Waals surface area contributed by atoms with E-state index in [1.165, 1.54) is 14.0 Å². The quantitative estimate of drug-likeness (QED) is 0.0977. The largest absolute Gasteiger partial charge is 0.469 e. The van der Waals surface area contributed by atoms with Gasteiger partial charge in [0, 0.05) is 52.4 Å². The number of ether oxygens (including phenoxy) is 1. The molecule has 0 unspecified atom stereocenters. The molecule has 12 nitrogen and oxygen atoms in total. The summed E-state index contributed by atoms with van der Waals surface area (Å²) >= 11 is 0. The second kappa shape index (κ2) is 18.8. The lowest BCUT2D eigenvalue weighted by Gasteiger charge is -2.15. The van der Waals surface area contributed by atoms with Crippen LogP contribution in [-0.4, -0.2) is 83.4 Å². The third-order valence-electron chi connectivity index (χ3n) is 4.74. The van der Waals surface area contributed by atoms with Crippen LogP contribution < -0.4 is 10.6 Å². The summed E-state index contributed by atoms with van der Waals surface area (Å²) in [6, 6.07) is 0. The molecule has 12 heteroatoms. The lowest BCUT2D eigenvalue weighted by Crippen LogP contribution is -2.31. The highest BCUT2D eigenvalue weighted by Gasteiger charge is 2.13. The predicted molar refractivity (Wildman–Crippen MR) is 117 cm³/mol. The van der Waals surface area contributed by atoms with Gasteiger partial charge in [-0.1, -0.05) is 0 Å². The maximum atomic E-state index is 11.9. The summed E-state index contributed by atoms with van der Waals surface area (Å²) in [6.45, 7) is 2.53. The first kappa shape index (κ1) is 30.3. The SMILES string of the molecule is COC(=O)CCC(=O)NCCCCCN(O)C(=O)CCC(=O)NCCCCCN(O)C(C)=O. The molecule has 33 heavy (non-hydrogen) atoms. The van der Waals surface area contributed by atoms with Gasteiger partial charge in [-0.05, 0) is 38.5 Å². The fraction of sp³-hybridized carbons (Fsp3) is 0.762. The molecule has 0 aromatic heterocycles. The van der Waals surface area contributed by atoms with Gasteiger partial charge in [-0.3, -0.25) is 34.4 Å². The molecule has 0 atom stereocenters. The van der Waals surface area contributed by atoms with Crippen LogP contribution >= 0.6 is 0 Å². The first-order valence-corrected chi connectivity index (χ1v) is 11.2. The average Bonchev–Trinajstić information content (AvgIpc) is 2.79. The van der Waals surface area contributed by atoms with E-state index in [2.05, 4.69) is 15.4 Å². The second-order valence-corrected chi connectivity index (χ2v) is 7.56. The van der Waals surface area contributed by atoms with Crippen LogP contribution in [-0.2, 0) is 28.7 Å². The van der Waals surface area contributed by atoms with E-state index >= 15 is 0 Å². The summed E-state index contributed by atoms with van der Waals surface area (Å²) in [6.07, 6.45) is 3.90. The molecule has 0 rings (SSSR count). The predicted octanol–water partition coefficient (Wildman–Crippen LogP) is 0.748. The Morgan fingerprint density at radius 3 is 1.67 bits per heavy atom. The van der Waals surface area contributed by atoms with Crippen LogP contribution in [0, 0.1) is 0 Å². The first-order chi connectivity index (χ1) is 15.7. The number of rotatable bonds is 18. The van der Waals surface area contributed by atoms with Crippen molar-refractivity contribution < 1.29 is 39.1 Å². The number of nitrogens with zero attached hydrogens (tertiary/aromatic N) is 2. The van der Waals surface area contributed by atoms with Crippen molar-refractivity contribution in [3.8, 4) is 0 Å². The lowest BCUT2D eigenvalue weighted by molar-refractivity contribution is -0.166. The number of carbonyl (C=O) groups excluding carboxylic acids is 5. The smallest absolute Gasteiger partial charge is 0.306 e. The van der Waals surface area contributed by atoms with Crippen LogP contribution in [0.25, 0.3) is 0 Å². The molecule has 0 spiro atoms. The molecule has 0 fully saturated rings. The van der Waals surface area contributed by atoms with Crippen molar-refractivity contribution in [2.45, 2.75) is 71.1 Å². The van der Waals surface area contributed by atoms with Crippen molar-refractivity contribution in [1.29, 1.82) is 0 Å². The highest BCUT2D eigenvalue weighted by molar-refractivity contribution is 5.83. The van der Waals surface area contributed by atoms with Gasteiger partial charge < -0.3 is 15.4 Å². The molecule has 0 aromatic rings. The number of hydrogen-bond acceptors (Lipinski definition) is 8. The van der Waals surface area contributed by atoms with Gasteiger partial charge in [-0.2, -0.15) is 0 Å². The summed E-state index contributed by atoms with van der Waals surface area (Å²) in [4.78, 5) is 57.0. The molecule has 0 aliphatic rings. The van der Waals surface area contributed by atoms with E-state index in [0.717, 1.165) is 6.42 Å². The molecule has 0 aliphatic heterocycles. The fourth-order valence-corrected chi connectivity index (χ4v) is 2.71. The third-order valence-corrected chi connectivity index (χ3v) is 4.74. The molecule has 4 N–H and O–H groups in total. The maximum absolute atomic E-state index is 11.9. The van der Waals surface area contributed by atoms with Crippen molar-refractivity contribution in [1.82, 2.24) is 20.8 Å². The number of hydrogen-bond donors (Lipinski definition) is 4. The first-order valence-electron chi connectivity index (χ1n) is 11.2. The van der Waals surface area contributed by atoms with E-state index < -0.39 is 17.8 Å². The molecule has 4 amide bonds. The Balaban J connectivity index is 3.68. The Hall–Kier alpha value is -2.73. The zero-order valence-corrected chi connectivity index (χ0v) is 19.6. The van der Waals surface area contributed by atoms with Crippen molar-refractivity contribution in [2.24, 2.45) is 0 Å². The van der Waals surface area contributed by atoms with Crippen molar-refractivity contribution >= 4 is 29.6 Å². The van der Waals surface area contributed by atoms with E-state index in [1.54, 1.807) is 0 Å². The topological polar surface area (TPSA) is 166 Å². The molecule has 0 saturated heterocycles. The second-order valence-electron chi connectivity index (χ2n) is 7.56. The van der Waals surface area contributed by atoms with E-state index in [9.17, 15) is 34.4 Å². The van der Waals surface area contributed by atoms with Gasteiger partial charge in [0.05, 0.1) is 13.5 Å². The number of esters is 1. The third kappa shape index (κ3) is 17.5. The van der Waals surface area contributed by atoms with Crippen LogP contribution in [0.3, 0.4) is 0 Å². The molecule has 0 heterocycles. The fourth-order valence-electron chi connectivity index (χ4n) is 2.71. The minimum Gasteiger partial charge on any atom is -0.469 e. The summed E-state index contributed by atoms with van der Waals surface area (Å²) in [5, 5.41) is 25.6. The van der Waals surface area contributed by atoms with Gasteiger partial charge in [-0.15, -0.1) is 0 Å². The molecule has 0 aliphatic carbocycles. The van der Waals surface area contributed by atoms with Gasteiger partial charge in [0.2, 0.25) is 23.6 Å². The molecule has 0 radical (unpaired) electrons. The average molecular weight is 475 g/mol. The molecular weight excluding hydrogens is 436 g/mol. The Kier molecular flexibility index (Phi) is 17.2. The molecule has 0 aromatic carbocycles. The highest BCUT2D eigenvalue weighted by Crippen LogP contribution is 2.02. The van der Waals surface area contributed by atoms with E-state index in [0.29, 0.717) is 55.3 Å². The van der Waals surface area contributed by atoms with Crippen LogP contribution in [0.15, 0.2) is 0 Å². The monoisotopic (exact) mass is 474 g/mol.